The Labute approximate surface area is 170 Å². The van der Waals surface area contributed by atoms with Crippen LogP contribution in [0.4, 0.5) is 11.4 Å². The van der Waals surface area contributed by atoms with E-state index in [0.29, 0.717) is 35.7 Å². The Morgan fingerprint density at radius 2 is 1.97 bits per heavy atom. The van der Waals surface area contributed by atoms with Crippen LogP contribution >= 0.6 is 0 Å². The van der Waals surface area contributed by atoms with Gasteiger partial charge in [0.25, 0.3) is 5.91 Å². The van der Waals surface area contributed by atoms with E-state index in [1.807, 2.05) is 13.0 Å². The second kappa shape index (κ2) is 8.77. The topological polar surface area (TPSA) is 87.7 Å². The molecule has 1 heterocycles. The molecule has 1 aliphatic heterocycles. The van der Waals surface area contributed by atoms with Crippen molar-refractivity contribution in [2.45, 2.75) is 32.7 Å². The van der Waals surface area contributed by atoms with E-state index in [1.54, 1.807) is 48.2 Å². The number of rotatable bonds is 6. The van der Waals surface area contributed by atoms with Gasteiger partial charge in [0.15, 0.2) is 0 Å². The van der Waals surface area contributed by atoms with Gasteiger partial charge in [0.05, 0.1) is 12.8 Å². The molecule has 1 saturated heterocycles. The number of amides is 3. The van der Waals surface area contributed by atoms with Crippen molar-refractivity contribution in [3.05, 3.63) is 53.6 Å². The van der Waals surface area contributed by atoms with Crippen molar-refractivity contribution >= 4 is 29.1 Å². The molecule has 1 unspecified atom stereocenters. The van der Waals surface area contributed by atoms with Crippen LogP contribution in [0.25, 0.3) is 0 Å². The number of hydrogen-bond acceptors (Lipinski definition) is 4. The molecule has 0 aliphatic carbocycles. The fourth-order valence-corrected chi connectivity index (χ4v) is 3.26. The molecule has 7 heteroatoms. The molecule has 3 amide bonds. The van der Waals surface area contributed by atoms with Crippen LogP contribution in [0, 0.1) is 6.92 Å². The summed E-state index contributed by atoms with van der Waals surface area (Å²) in [7, 11) is 1.52. The van der Waals surface area contributed by atoms with Gasteiger partial charge in [-0.3, -0.25) is 14.4 Å². The van der Waals surface area contributed by atoms with Crippen LogP contribution in [0.1, 0.15) is 35.7 Å². The van der Waals surface area contributed by atoms with Gasteiger partial charge in [-0.25, -0.2) is 0 Å². The lowest BCUT2D eigenvalue weighted by atomic mass is 10.1. The Morgan fingerprint density at radius 3 is 2.62 bits per heavy atom. The standard InChI is InChI=1S/C22H25N3O4/c1-14-6-4-7-16(12-14)22(28)23-15(2)21(27)24-17-9-10-18(19(13-17)29-3)25-11-5-8-20(25)26/h4,6-7,9-10,12-13,15H,5,8,11H2,1-3H3,(H,23,28)(H,24,27). The molecular formula is C22H25N3O4. The molecule has 2 N–H and O–H groups in total. The normalized spacial score (nSPS) is 14.4. The summed E-state index contributed by atoms with van der Waals surface area (Å²) in [4.78, 5) is 38.5. The first-order valence-corrected chi connectivity index (χ1v) is 9.56. The summed E-state index contributed by atoms with van der Waals surface area (Å²) in [5.74, 6) is -0.0862. The summed E-state index contributed by atoms with van der Waals surface area (Å²) < 4.78 is 5.41. The maximum atomic E-state index is 12.5. The Kier molecular flexibility index (Phi) is 6.16. The van der Waals surface area contributed by atoms with E-state index in [9.17, 15) is 14.4 Å². The Balaban J connectivity index is 1.66. The van der Waals surface area contributed by atoms with Gasteiger partial charge >= 0.3 is 0 Å². The van der Waals surface area contributed by atoms with Crippen molar-refractivity contribution in [1.82, 2.24) is 5.32 Å². The lowest BCUT2D eigenvalue weighted by Gasteiger charge is -2.20. The van der Waals surface area contributed by atoms with Gasteiger partial charge in [-0.2, -0.15) is 0 Å². The lowest BCUT2D eigenvalue weighted by Crippen LogP contribution is -2.41. The molecule has 0 radical (unpaired) electrons. The summed E-state index contributed by atoms with van der Waals surface area (Å²) in [6, 6.07) is 11.6. The molecule has 1 fully saturated rings. The second-order valence-corrected chi connectivity index (χ2v) is 7.09. The SMILES string of the molecule is COc1cc(NC(=O)C(C)NC(=O)c2cccc(C)c2)ccc1N1CCCC1=O. The predicted octanol–water partition coefficient (Wildman–Crippen LogP) is 2.89. The van der Waals surface area contributed by atoms with Gasteiger partial charge in [-0.15, -0.1) is 0 Å². The molecule has 1 aliphatic rings. The van der Waals surface area contributed by atoms with E-state index in [0.717, 1.165) is 12.0 Å². The largest absolute Gasteiger partial charge is 0.494 e. The van der Waals surface area contributed by atoms with Crippen LogP contribution in [0.2, 0.25) is 0 Å². The van der Waals surface area contributed by atoms with E-state index in [2.05, 4.69) is 10.6 Å². The number of benzene rings is 2. The third-order valence-corrected chi connectivity index (χ3v) is 4.83. The van der Waals surface area contributed by atoms with Crippen molar-refractivity contribution in [1.29, 1.82) is 0 Å². The van der Waals surface area contributed by atoms with E-state index >= 15 is 0 Å². The molecule has 0 bridgehead atoms. The first-order valence-electron chi connectivity index (χ1n) is 9.56. The second-order valence-electron chi connectivity index (χ2n) is 7.09. The third-order valence-electron chi connectivity index (χ3n) is 4.83. The summed E-state index contributed by atoms with van der Waals surface area (Å²) in [5, 5.41) is 5.48. The van der Waals surface area contributed by atoms with Crippen molar-refractivity contribution in [2.24, 2.45) is 0 Å². The number of carbonyl (C=O) groups excluding carboxylic acids is 3. The summed E-state index contributed by atoms with van der Waals surface area (Å²) >= 11 is 0. The number of methoxy groups -OCH3 is 1. The molecule has 152 valence electrons. The average Bonchev–Trinajstić information content (AvgIpc) is 3.13. The fourth-order valence-electron chi connectivity index (χ4n) is 3.26. The Morgan fingerprint density at radius 1 is 1.17 bits per heavy atom. The number of carbonyl (C=O) groups is 3. The minimum Gasteiger partial charge on any atom is -0.494 e. The molecule has 0 spiro atoms. The van der Waals surface area contributed by atoms with Crippen molar-refractivity contribution in [3.8, 4) is 5.75 Å². The van der Waals surface area contributed by atoms with E-state index < -0.39 is 6.04 Å². The molecular weight excluding hydrogens is 370 g/mol. The maximum absolute atomic E-state index is 12.5. The highest BCUT2D eigenvalue weighted by Gasteiger charge is 2.25. The number of aryl methyl sites for hydroxylation is 1. The van der Waals surface area contributed by atoms with Gasteiger partial charge in [0, 0.05) is 30.3 Å². The zero-order valence-electron chi connectivity index (χ0n) is 16.8. The maximum Gasteiger partial charge on any atom is 0.251 e. The summed E-state index contributed by atoms with van der Waals surface area (Å²) in [6.07, 6.45) is 1.35. The molecule has 7 nitrogen and oxygen atoms in total. The zero-order valence-corrected chi connectivity index (χ0v) is 16.8. The van der Waals surface area contributed by atoms with Crippen LogP contribution < -0.4 is 20.3 Å². The zero-order chi connectivity index (χ0) is 21.0. The van der Waals surface area contributed by atoms with Crippen molar-refractivity contribution in [3.63, 3.8) is 0 Å². The van der Waals surface area contributed by atoms with E-state index in [4.69, 9.17) is 4.74 Å². The van der Waals surface area contributed by atoms with Gasteiger partial charge in [0.2, 0.25) is 11.8 Å². The number of nitrogens with zero attached hydrogens (tertiary/aromatic N) is 1. The highest BCUT2D eigenvalue weighted by Crippen LogP contribution is 2.33. The first-order chi connectivity index (χ1) is 13.9. The third kappa shape index (κ3) is 4.74. The van der Waals surface area contributed by atoms with Crippen molar-refractivity contribution in [2.75, 3.05) is 23.9 Å². The number of nitrogens with one attached hydrogen (secondary N) is 2. The monoisotopic (exact) mass is 395 g/mol. The van der Waals surface area contributed by atoms with Crippen LogP contribution in [-0.4, -0.2) is 37.4 Å². The van der Waals surface area contributed by atoms with Crippen LogP contribution in [0.15, 0.2) is 42.5 Å². The Hall–Kier alpha value is -3.35. The molecule has 0 saturated carbocycles. The summed E-state index contributed by atoms with van der Waals surface area (Å²) in [6.45, 7) is 4.18. The average molecular weight is 395 g/mol. The molecule has 0 aromatic heterocycles. The number of hydrogen-bond donors (Lipinski definition) is 2. The predicted molar refractivity (Wildman–Crippen MR) is 111 cm³/mol. The molecule has 1 atom stereocenters. The van der Waals surface area contributed by atoms with Crippen LogP contribution in [0.5, 0.6) is 5.75 Å². The quantitative estimate of drug-likeness (QED) is 0.787. The van der Waals surface area contributed by atoms with Crippen LogP contribution in [-0.2, 0) is 9.59 Å². The first kappa shape index (κ1) is 20.4. The molecule has 3 rings (SSSR count). The van der Waals surface area contributed by atoms with Gasteiger partial charge in [-0.1, -0.05) is 17.7 Å². The highest BCUT2D eigenvalue weighted by atomic mass is 16.5. The minimum atomic E-state index is -0.728. The van der Waals surface area contributed by atoms with E-state index in [1.165, 1.54) is 7.11 Å². The van der Waals surface area contributed by atoms with E-state index in [-0.39, 0.29) is 17.7 Å². The number of anilines is 2. The number of ether oxygens (including phenoxy) is 1. The highest BCUT2D eigenvalue weighted by molar-refractivity contribution is 6.01. The van der Waals surface area contributed by atoms with Gasteiger partial charge < -0.3 is 20.3 Å². The Bertz CT molecular complexity index is 941. The minimum absolute atomic E-state index is 0.0626. The van der Waals surface area contributed by atoms with Gasteiger partial charge in [-0.05, 0) is 44.5 Å². The molecule has 29 heavy (non-hydrogen) atoms. The summed E-state index contributed by atoms with van der Waals surface area (Å²) in [5.41, 5.74) is 2.69. The molecule has 2 aromatic carbocycles. The fraction of sp³-hybridized carbons (Fsp3) is 0.318. The molecule has 2 aromatic rings. The van der Waals surface area contributed by atoms with Crippen LogP contribution in [0.3, 0.4) is 0 Å². The van der Waals surface area contributed by atoms with Gasteiger partial charge in [0.1, 0.15) is 11.8 Å². The smallest absolute Gasteiger partial charge is 0.251 e. The van der Waals surface area contributed by atoms with Crippen molar-refractivity contribution < 1.29 is 19.1 Å². The lowest BCUT2D eigenvalue weighted by molar-refractivity contribution is -0.118.